The van der Waals surface area contributed by atoms with E-state index in [1.807, 2.05) is 17.9 Å². The highest BCUT2D eigenvalue weighted by molar-refractivity contribution is 5.81. The fourth-order valence-electron chi connectivity index (χ4n) is 2.77. The molecule has 110 valence electrons. The lowest BCUT2D eigenvalue weighted by molar-refractivity contribution is 0.633. The van der Waals surface area contributed by atoms with Gasteiger partial charge in [0.15, 0.2) is 0 Å². The number of aromatic nitrogens is 3. The summed E-state index contributed by atoms with van der Waals surface area (Å²) in [5.41, 5.74) is 3.95. The van der Waals surface area contributed by atoms with Crippen LogP contribution in [0.5, 0.6) is 0 Å². The van der Waals surface area contributed by atoms with Crippen LogP contribution in [0, 0.1) is 0 Å². The molecule has 0 atom stereocenters. The Bertz CT molecular complexity index is 723. The van der Waals surface area contributed by atoms with Crippen molar-refractivity contribution in [3.63, 3.8) is 0 Å². The van der Waals surface area contributed by atoms with E-state index in [2.05, 4.69) is 58.4 Å². The Balaban J connectivity index is 1.87. The van der Waals surface area contributed by atoms with Gasteiger partial charge in [-0.25, -0.2) is 0 Å². The van der Waals surface area contributed by atoms with Gasteiger partial charge in [0.1, 0.15) is 0 Å². The molecule has 0 aliphatic heterocycles. The Labute approximate surface area is 125 Å². The number of hydrogen-bond donors (Lipinski definition) is 1. The number of nitrogens with zero attached hydrogens (tertiary/aromatic N) is 3. The molecule has 0 saturated heterocycles. The minimum atomic E-state index is 0.915. The van der Waals surface area contributed by atoms with E-state index in [4.69, 9.17) is 0 Å². The van der Waals surface area contributed by atoms with Crippen molar-refractivity contribution < 1.29 is 0 Å². The molecule has 0 saturated carbocycles. The lowest BCUT2D eigenvalue weighted by atomic mass is 10.2. The van der Waals surface area contributed by atoms with E-state index in [9.17, 15) is 0 Å². The second kappa shape index (κ2) is 6.14. The Hall–Kier alpha value is -2.07. The van der Waals surface area contributed by atoms with Gasteiger partial charge in [-0.1, -0.05) is 25.1 Å². The van der Waals surface area contributed by atoms with Crippen LogP contribution in [0.15, 0.2) is 42.7 Å². The fraction of sp³-hybridized carbons (Fsp3) is 0.353. The zero-order chi connectivity index (χ0) is 14.7. The first-order chi connectivity index (χ1) is 10.3. The van der Waals surface area contributed by atoms with Crippen molar-refractivity contribution in [3.05, 3.63) is 54.0 Å². The molecule has 0 aliphatic rings. The molecule has 3 rings (SSSR count). The smallest absolute Gasteiger partial charge is 0.0522 e. The first kappa shape index (κ1) is 13.9. The van der Waals surface area contributed by atoms with Gasteiger partial charge in [-0.3, -0.25) is 4.68 Å². The molecule has 1 N–H and O–H groups in total. The summed E-state index contributed by atoms with van der Waals surface area (Å²) in [6.07, 6.45) is 5.05. The molecule has 0 radical (unpaired) electrons. The predicted molar refractivity (Wildman–Crippen MR) is 86.2 cm³/mol. The number of rotatable bonds is 6. The van der Waals surface area contributed by atoms with E-state index in [1.165, 1.54) is 22.2 Å². The average molecular weight is 282 g/mol. The SMILES string of the molecule is CCNCc1cc2ccccc2n1CCc1cnn(C)c1. The minimum Gasteiger partial charge on any atom is -0.343 e. The standard InChI is InChI=1S/C17H22N4/c1-3-18-12-16-10-15-6-4-5-7-17(15)21(16)9-8-14-11-19-20(2)13-14/h4-7,10-11,13,18H,3,8-9,12H2,1-2H3. The molecule has 0 amide bonds. The topological polar surface area (TPSA) is 34.8 Å². The third-order valence-corrected chi connectivity index (χ3v) is 3.83. The van der Waals surface area contributed by atoms with E-state index in [1.54, 1.807) is 0 Å². The first-order valence-electron chi connectivity index (χ1n) is 7.53. The number of nitrogens with one attached hydrogen (secondary N) is 1. The molecular formula is C17H22N4. The summed E-state index contributed by atoms with van der Waals surface area (Å²) in [4.78, 5) is 0. The maximum atomic E-state index is 4.25. The molecule has 3 aromatic rings. The van der Waals surface area contributed by atoms with Gasteiger partial charge >= 0.3 is 0 Å². The molecule has 0 fully saturated rings. The van der Waals surface area contributed by atoms with E-state index < -0.39 is 0 Å². The van der Waals surface area contributed by atoms with Crippen molar-refractivity contribution in [2.24, 2.45) is 7.05 Å². The van der Waals surface area contributed by atoms with Crippen LogP contribution in [0.2, 0.25) is 0 Å². The zero-order valence-electron chi connectivity index (χ0n) is 12.7. The first-order valence-corrected chi connectivity index (χ1v) is 7.53. The maximum absolute atomic E-state index is 4.25. The molecule has 0 bridgehead atoms. The summed E-state index contributed by atoms with van der Waals surface area (Å²) in [5, 5.41) is 8.99. The third kappa shape index (κ3) is 3.00. The quantitative estimate of drug-likeness (QED) is 0.754. The van der Waals surface area contributed by atoms with Gasteiger partial charge in [0, 0.05) is 37.5 Å². The highest BCUT2D eigenvalue weighted by atomic mass is 15.2. The van der Waals surface area contributed by atoms with Crippen LogP contribution in [-0.4, -0.2) is 20.9 Å². The molecule has 4 nitrogen and oxygen atoms in total. The van der Waals surface area contributed by atoms with Gasteiger partial charge in [0.25, 0.3) is 0 Å². The highest BCUT2D eigenvalue weighted by Gasteiger charge is 2.08. The predicted octanol–water partition coefficient (Wildman–Crippen LogP) is 2.73. The summed E-state index contributed by atoms with van der Waals surface area (Å²) < 4.78 is 4.29. The molecule has 21 heavy (non-hydrogen) atoms. The van der Waals surface area contributed by atoms with E-state index >= 15 is 0 Å². The number of hydrogen-bond acceptors (Lipinski definition) is 2. The summed E-state index contributed by atoms with van der Waals surface area (Å²) in [5.74, 6) is 0. The second-order valence-corrected chi connectivity index (χ2v) is 5.40. The lowest BCUT2D eigenvalue weighted by Gasteiger charge is -2.10. The van der Waals surface area contributed by atoms with Gasteiger partial charge in [-0.05, 0) is 36.0 Å². The molecule has 4 heteroatoms. The monoisotopic (exact) mass is 282 g/mol. The number of aryl methyl sites for hydroxylation is 3. The Morgan fingerprint density at radius 2 is 2.10 bits per heavy atom. The van der Waals surface area contributed by atoms with Crippen LogP contribution < -0.4 is 5.32 Å². The van der Waals surface area contributed by atoms with Crippen molar-refractivity contribution in [2.45, 2.75) is 26.4 Å². The van der Waals surface area contributed by atoms with Gasteiger partial charge in [0.2, 0.25) is 0 Å². The van der Waals surface area contributed by atoms with E-state index in [0.29, 0.717) is 0 Å². The van der Waals surface area contributed by atoms with E-state index in [0.717, 1.165) is 26.1 Å². The Morgan fingerprint density at radius 1 is 1.24 bits per heavy atom. The summed E-state index contributed by atoms with van der Waals surface area (Å²) >= 11 is 0. The molecule has 0 spiro atoms. The number of benzene rings is 1. The van der Waals surface area contributed by atoms with Crippen LogP contribution in [0.3, 0.4) is 0 Å². The van der Waals surface area contributed by atoms with Crippen molar-refractivity contribution in [3.8, 4) is 0 Å². The molecular weight excluding hydrogens is 260 g/mol. The van der Waals surface area contributed by atoms with Crippen LogP contribution >= 0.6 is 0 Å². The van der Waals surface area contributed by atoms with Gasteiger partial charge in [-0.2, -0.15) is 5.10 Å². The molecule has 0 aliphatic carbocycles. The Morgan fingerprint density at radius 3 is 2.86 bits per heavy atom. The number of fused-ring (bicyclic) bond motifs is 1. The van der Waals surface area contributed by atoms with Crippen LogP contribution in [0.25, 0.3) is 10.9 Å². The highest BCUT2D eigenvalue weighted by Crippen LogP contribution is 2.20. The molecule has 1 aromatic carbocycles. The average Bonchev–Trinajstić information content (AvgIpc) is 3.06. The maximum Gasteiger partial charge on any atom is 0.0522 e. The lowest BCUT2D eigenvalue weighted by Crippen LogP contribution is -2.16. The van der Waals surface area contributed by atoms with Gasteiger partial charge in [0.05, 0.1) is 6.20 Å². The van der Waals surface area contributed by atoms with Gasteiger partial charge in [-0.15, -0.1) is 0 Å². The van der Waals surface area contributed by atoms with Crippen molar-refractivity contribution >= 4 is 10.9 Å². The van der Waals surface area contributed by atoms with Crippen molar-refractivity contribution in [1.82, 2.24) is 19.7 Å². The molecule has 2 aromatic heterocycles. The second-order valence-electron chi connectivity index (χ2n) is 5.40. The fourth-order valence-corrected chi connectivity index (χ4v) is 2.77. The summed E-state index contributed by atoms with van der Waals surface area (Å²) in [6, 6.07) is 10.9. The molecule has 2 heterocycles. The number of para-hydroxylation sites is 1. The van der Waals surface area contributed by atoms with Crippen LogP contribution in [0.1, 0.15) is 18.2 Å². The largest absolute Gasteiger partial charge is 0.343 e. The Kier molecular flexibility index (Phi) is 4.06. The normalized spacial score (nSPS) is 11.3. The third-order valence-electron chi connectivity index (χ3n) is 3.83. The zero-order valence-corrected chi connectivity index (χ0v) is 12.7. The van der Waals surface area contributed by atoms with Crippen LogP contribution in [-0.2, 0) is 26.6 Å². The van der Waals surface area contributed by atoms with E-state index in [-0.39, 0.29) is 0 Å². The van der Waals surface area contributed by atoms with Crippen LogP contribution in [0.4, 0.5) is 0 Å². The minimum absolute atomic E-state index is 0.915. The molecule has 0 unspecified atom stereocenters. The van der Waals surface area contributed by atoms with Crippen molar-refractivity contribution in [1.29, 1.82) is 0 Å². The van der Waals surface area contributed by atoms with Gasteiger partial charge < -0.3 is 9.88 Å². The van der Waals surface area contributed by atoms with Crippen molar-refractivity contribution in [2.75, 3.05) is 6.54 Å². The summed E-state index contributed by atoms with van der Waals surface area (Å²) in [6.45, 7) is 5.03. The summed E-state index contributed by atoms with van der Waals surface area (Å²) in [7, 11) is 1.96.